The molecule has 5 N–H and O–H groups in total. The van der Waals surface area contributed by atoms with E-state index in [-0.39, 0.29) is 12.2 Å². The van der Waals surface area contributed by atoms with Crippen LogP contribution in [0.4, 0.5) is 0 Å². The van der Waals surface area contributed by atoms with Crippen molar-refractivity contribution in [3.05, 3.63) is 59.0 Å². The van der Waals surface area contributed by atoms with Crippen LogP contribution < -0.4 is 11.5 Å². The first kappa shape index (κ1) is 18.4. The maximum absolute atomic E-state index is 11.7. The molecule has 1 aromatic rings. The lowest BCUT2D eigenvalue weighted by Crippen LogP contribution is -2.40. The van der Waals surface area contributed by atoms with E-state index in [1.165, 1.54) is 12.2 Å². The predicted octanol–water partition coefficient (Wildman–Crippen LogP) is 0.277. The topological polar surface area (TPSA) is 123 Å². The zero-order valence-corrected chi connectivity index (χ0v) is 14.0. The van der Waals surface area contributed by atoms with Gasteiger partial charge in [-0.2, -0.15) is 0 Å². The standard InChI is InChI=1S/C17H22N2O4S/c18-15(10-12-4-2-1-3-5-12)16(20)11-14(17(19)21)13-6-8-24(22,23)9-7-13/h1-8,14-16,20H,9-11,18H2,(H2,19,21)/t14-,15-,16-/m0/s1. The minimum absolute atomic E-state index is 0.0551. The average molecular weight is 350 g/mol. The molecule has 24 heavy (non-hydrogen) atoms. The second-order valence-electron chi connectivity index (χ2n) is 5.95. The highest BCUT2D eigenvalue weighted by Gasteiger charge is 2.27. The Bertz CT molecular complexity index is 741. The van der Waals surface area contributed by atoms with Gasteiger partial charge in [0.2, 0.25) is 5.91 Å². The Morgan fingerprint density at radius 3 is 2.46 bits per heavy atom. The molecule has 130 valence electrons. The second-order valence-corrected chi connectivity index (χ2v) is 7.88. The summed E-state index contributed by atoms with van der Waals surface area (Å²) in [7, 11) is -3.26. The molecular formula is C17H22N2O4S. The third-order valence-electron chi connectivity index (χ3n) is 4.05. The molecule has 0 radical (unpaired) electrons. The van der Waals surface area contributed by atoms with Gasteiger partial charge < -0.3 is 16.6 Å². The van der Waals surface area contributed by atoms with E-state index in [2.05, 4.69) is 0 Å². The highest BCUT2D eigenvalue weighted by molar-refractivity contribution is 7.94. The number of primary amides is 1. The number of aliphatic hydroxyl groups is 1. The summed E-state index contributed by atoms with van der Waals surface area (Å²) in [5, 5.41) is 11.4. The van der Waals surface area contributed by atoms with Crippen molar-refractivity contribution in [3.8, 4) is 0 Å². The number of hydrogen-bond acceptors (Lipinski definition) is 5. The van der Waals surface area contributed by atoms with Gasteiger partial charge in [-0.1, -0.05) is 36.4 Å². The Hall–Kier alpha value is -1.96. The zero-order chi connectivity index (χ0) is 17.7. The quantitative estimate of drug-likeness (QED) is 0.651. The Balaban J connectivity index is 2.04. The van der Waals surface area contributed by atoms with E-state index in [1.54, 1.807) is 0 Å². The number of aliphatic hydroxyl groups excluding tert-OH is 1. The molecule has 7 heteroatoms. The van der Waals surface area contributed by atoms with Crippen molar-refractivity contribution < 1.29 is 18.3 Å². The van der Waals surface area contributed by atoms with Gasteiger partial charge in [-0.15, -0.1) is 0 Å². The summed E-state index contributed by atoms with van der Waals surface area (Å²) < 4.78 is 22.8. The molecule has 0 fully saturated rings. The molecule has 0 spiro atoms. The van der Waals surface area contributed by atoms with E-state index in [0.29, 0.717) is 12.0 Å². The Morgan fingerprint density at radius 2 is 1.92 bits per heavy atom. The van der Waals surface area contributed by atoms with Gasteiger partial charge in [0, 0.05) is 11.4 Å². The number of nitrogens with two attached hydrogens (primary N) is 2. The van der Waals surface area contributed by atoms with Gasteiger partial charge in [-0.3, -0.25) is 4.79 Å². The zero-order valence-electron chi connectivity index (χ0n) is 13.2. The van der Waals surface area contributed by atoms with Gasteiger partial charge >= 0.3 is 0 Å². The Kier molecular flexibility index (Phi) is 5.93. The molecule has 0 saturated heterocycles. The Morgan fingerprint density at radius 1 is 1.25 bits per heavy atom. The number of amides is 1. The van der Waals surface area contributed by atoms with Crippen molar-refractivity contribution in [2.24, 2.45) is 17.4 Å². The largest absolute Gasteiger partial charge is 0.391 e. The molecule has 6 nitrogen and oxygen atoms in total. The van der Waals surface area contributed by atoms with Crippen molar-refractivity contribution in [3.63, 3.8) is 0 Å². The second kappa shape index (κ2) is 7.74. The van der Waals surface area contributed by atoms with Gasteiger partial charge in [0.05, 0.1) is 17.8 Å². The maximum Gasteiger partial charge on any atom is 0.225 e. The molecule has 0 aromatic heterocycles. The van der Waals surface area contributed by atoms with Crippen LogP contribution in [-0.4, -0.2) is 37.3 Å². The fourth-order valence-corrected chi connectivity index (χ4v) is 3.53. The van der Waals surface area contributed by atoms with Crippen LogP contribution in [0.15, 0.2) is 53.5 Å². The number of benzene rings is 1. The highest BCUT2D eigenvalue weighted by Crippen LogP contribution is 2.23. The average Bonchev–Trinajstić information content (AvgIpc) is 2.53. The molecular weight excluding hydrogens is 328 g/mol. The Labute approximate surface area is 141 Å². The van der Waals surface area contributed by atoms with Gasteiger partial charge in [0.15, 0.2) is 9.84 Å². The maximum atomic E-state index is 11.7. The van der Waals surface area contributed by atoms with Crippen molar-refractivity contribution in [1.29, 1.82) is 0 Å². The number of rotatable bonds is 7. The lowest BCUT2D eigenvalue weighted by molar-refractivity contribution is -0.121. The first-order valence-electron chi connectivity index (χ1n) is 7.66. The van der Waals surface area contributed by atoms with E-state index in [4.69, 9.17) is 11.5 Å². The minimum atomic E-state index is -3.26. The molecule has 0 unspecified atom stereocenters. The molecule has 3 atom stereocenters. The van der Waals surface area contributed by atoms with Crippen LogP contribution in [0, 0.1) is 5.92 Å². The first-order chi connectivity index (χ1) is 11.3. The summed E-state index contributed by atoms with van der Waals surface area (Å²) >= 11 is 0. The van der Waals surface area contributed by atoms with Crippen LogP contribution in [0.25, 0.3) is 0 Å². The number of sulfone groups is 1. The normalized spacial score (nSPS) is 20.0. The molecule has 2 rings (SSSR count). The molecule has 1 heterocycles. The molecule has 1 aliphatic heterocycles. The van der Waals surface area contributed by atoms with Crippen molar-refractivity contribution in [2.45, 2.75) is 25.0 Å². The number of carbonyl (C=O) groups is 1. The van der Waals surface area contributed by atoms with E-state index < -0.39 is 33.8 Å². The van der Waals surface area contributed by atoms with Gasteiger partial charge in [0.1, 0.15) is 0 Å². The molecule has 0 aliphatic carbocycles. The van der Waals surface area contributed by atoms with Gasteiger partial charge in [-0.25, -0.2) is 8.42 Å². The van der Waals surface area contributed by atoms with E-state index >= 15 is 0 Å². The fourth-order valence-electron chi connectivity index (χ4n) is 2.63. The van der Waals surface area contributed by atoms with Crippen LogP contribution in [0.1, 0.15) is 12.0 Å². The van der Waals surface area contributed by atoms with E-state index in [1.807, 2.05) is 30.3 Å². The monoisotopic (exact) mass is 350 g/mol. The minimum Gasteiger partial charge on any atom is -0.391 e. The predicted molar refractivity (Wildman–Crippen MR) is 92.4 cm³/mol. The third-order valence-corrected chi connectivity index (χ3v) is 5.23. The highest BCUT2D eigenvalue weighted by atomic mass is 32.2. The summed E-state index contributed by atoms with van der Waals surface area (Å²) in [6.45, 7) is 0. The van der Waals surface area contributed by atoms with Crippen LogP contribution in [0.5, 0.6) is 0 Å². The van der Waals surface area contributed by atoms with Crippen molar-refractivity contribution in [2.75, 3.05) is 5.75 Å². The SMILES string of the molecule is NC(=O)[C@@H](C[C@H](O)[C@@H](N)Cc1ccccc1)C1=CCS(=O)(=O)C=C1. The summed E-state index contributed by atoms with van der Waals surface area (Å²) in [6.07, 6.45) is 2.41. The molecule has 1 amide bonds. The van der Waals surface area contributed by atoms with Crippen LogP contribution in [0.2, 0.25) is 0 Å². The molecule has 0 saturated carbocycles. The van der Waals surface area contributed by atoms with Crippen molar-refractivity contribution >= 4 is 15.7 Å². The lowest BCUT2D eigenvalue weighted by atomic mass is 9.88. The van der Waals surface area contributed by atoms with E-state index in [0.717, 1.165) is 11.0 Å². The summed E-state index contributed by atoms with van der Waals surface area (Å²) in [5.41, 5.74) is 12.9. The van der Waals surface area contributed by atoms with Gasteiger partial charge in [0.25, 0.3) is 0 Å². The van der Waals surface area contributed by atoms with Crippen LogP contribution >= 0.6 is 0 Å². The summed E-state index contributed by atoms with van der Waals surface area (Å²) in [4.78, 5) is 11.7. The number of hydrogen-bond donors (Lipinski definition) is 3. The van der Waals surface area contributed by atoms with Gasteiger partial charge in [-0.05, 0) is 30.1 Å². The summed E-state index contributed by atoms with van der Waals surface area (Å²) in [5.74, 6) is -1.56. The molecule has 1 aliphatic rings. The van der Waals surface area contributed by atoms with E-state index in [9.17, 15) is 18.3 Å². The molecule has 0 bridgehead atoms. The first-order valence-corrected chi connectivity index (χ1v) is 9.38. The van der Waals surface area contributed by atoms with Crippen LogP contribution in [0.3, 0.4) is 0 Å². The van der Waals surface area contributed by atoms with Crippen LogP contribution in [-0.2, 0) is 21.1 Å². The summed E-state index contributed by atoms with van der Waals surface area (Å²) in [6, 6.07) is 8.94. The smallest absolute Gasteiger partial charge is 0.225 e. The number of carbonyl (C=O) groups excluding carboxylic acids is 1. The fraction of sp³-hybridized carbons (Fsp3) is 0.353. The number of allylic oxidation sites excluding steroid dienone is 1. The van der Waals surface area contributed by atoms with Crippen molar-refractivity contribution in [1.82, 2.24) is 0 Å². The molecule has 1 aromatic carbocycles. The third kappa shape index (κ3) is 5.02. The lowest BCUT2D eigenvalue weighted by Gasteiger charge is -2.24.